The first-order valence-corrected chi connectivity index (χ1v) is 9.79. The molecule has 10 heteroatoms. The van der Waals surface area contributed by atoms with Gasteiger partial charge in [0, 0.05) is 28.0 Å². The van der Waals surface area contributed by atoms with E-state index in [0.29, 0.717) is 5.69 Å². The lowest BCUT2D eigenvalue weighted by Crippen LogP contribution is -2.54. The number of halogens is 3. The Morgan fingerprint density at radius 3 is 2.63 bits per heavy atom. The van der Waals surface area contributed by atoms with Crippen molar-refractivity contribution in [2.45, 2.75) is 32.4 Å². The highest BCUT2D eigenvalue weighted by molar-refractivity contribution is 9.10. The number of aliphatic imine (C=N–C) groups is 1. The fourth-order valence-electron chi connectivity index (χ4n) is 3.18. The number of hydrogen-bond donors (Lipinski definition) is 2. The number of carbonyl (C=O) groups is 2. The van der Waals surface area contributed by atoms with Gasteiger partial charge in [-0.1, -0.05) is 0 Å². The topological polar surface area (TPSA) is 101 Å². The Labute approximate surface area is 188 Å². The molecule has 0 fully saturated rings. The normalized spacial score (nSPS) is 18.7. The maximum absolute atomic E-state index is 14.7. The largest absolute Gasteiger partial charge is 0.379 e. The second-order valence-corrected chi connectivity index (χ2v) is 8.22. The third-order valence-electron chi connectivity index (χ3n) is 4.71. The van der Waals surface area contributed by atoms with Crippen molar-refractivity contribution >= 4 is 51.7 Å². The summed E-state index contributed by atoms with van der Waals surface area (Å²) in [5, 5.41) is 2.71. The SMILES string of the molecule is CC(C)N1CC(C)(c2cc(NC(=O)c3ccc(Br)cn3)ccc2F)N=C(N)C1=O.Cl. The molecule has 3 rings (SSSR count). The Balaban J connectivity index is 0.00000320. The van der Waals surface area contributed by atoms with Gasteiger partial charge in [0.2, 0.25) is 0 Å². The third kappa shape index (κ3) is 4.79. The van der Waals surface area contributed by atoms with Crippen LogP contribution in [0.4, 0.5) is 10.1 Å². The average molecular weight is 499 g/mol. The average Bonchev–Trinajstić information content (AvgIpc) is 2.66. The summed E-state index contributed by atoms with van der Waals surface area (Å²) < 4.78 is 15.5. The van der Waals surface area contributed by atoms with Crippen LogP contribution in [0.1, 0.15) is 36.8 Å². The monoisotopic (exact) mass is 497 g/mol. The molecule has 30 heavy (non-hydrogen) atoms. The minimum absolute atomic E-state index is 0. The number of rotatable bonds is 4. The highest BCUT2D eigenvalue weighted by Crippen LogP contribution is 2.34. The van der Waals surface area contributed by atoms with Crippen molar-refractivity contribution < 1.29 is 14.0 Å². The maximum Gasteiger partial charge on any atom is 0.289 e. The van der Waals surface area contributed by atoms with E-state index < -0.39 is 17.3 Å². The molecule has 2 amide bonds. The Hall–Kier alpha value is -2.52. The number of amides is 2. The fourth-order valence-corrected chi connectivity index (χ4v) is 3.42. The van der Waals surface area contributed by atoms with Crippen molar-refractivity contribution in [3.05, 3.63) is 58.1 Å². The van der Waals surface area contributed by atoms with E-state index >= 15 is 0 Å². The van der Waals surface area contributed by atoms with E-state index in [1.54, 1.807) is 24.0 Å². The van der Waals surface area contributed by atoms with Gasteiger partial charge in [-0.05, 0) is 67.0 Å². The van der Waals surface area contributed by atoms with Crippen LogP contribution in [0.3, 0.4) is 0 Å². The number of amidine groups is 1. The molecule has 3 N–H and O–H groups in total. The van der Waals surface area contributed by atoms with Crippen molar-refractivity contribution in [1.29, 1.82) is 0 Å². The second kappa shape index (κ2) is 9.09. The van der Waals surface area contributed by atoms with Gasteiger partial charge in [0.25, 0.3) is 11.8 Å². The number of carbonyl (C=O) groups excluding carboxylic acids is 2. The molecule has 1 aliphatic heterocycles. The molecule has 1 aliphatic rings. The van der Waals surface area contributed by atoms with Crippen LogP contribution in [-0.4, -0.2) is 40.1 Å². The molecule has 7 nitrogen and oxygen atoms in total. The van der Waals surface area contributed by atoms with Crippen LogP contribution in [0.25, 0.3) is 0 Å². The molecule has 1 aromatic carbocycles. The van der Waals surface area contributed by atoms with Gasteiger partial charge in [-0.3, -0.25) is 14.6 Å². The van der Waals surface area contributed by atoms with Crippen LogP contribution < -0.4 is 11.1 Å². The first kappa shape index (κ1) is 23.8. The molecule has 0 radical (unpaired) electrons. The predicted octanol–water partition coefficient (Wildman–Crippen LogP) is 3.48. The van der Waals surface area contributed by atoms with Crippen LogP contribution in [0.5, 0.6) is 0 Å². The van der Waals surface area contributed by atoms with Crippen molar-refractivity contribution in [3.63, 3.8) is 0 Å². The quantitative estimate of drug-likeness (QED) is 0.674. The predicted molar refractivity (Wildman–Crippen MR) is 119 cm³/mol. The van der Waals surface area contributed by atoms with Crippen molar-refractivity contribution in [2.75, 3.05) is 11.9 Å². The van der Waals surface area contributed by atoms with Crippen molar-refractivity contribution in [2.24, 2.45) is 10.7 Å². The zero-order chi connectivity index (χ0) is 21.3. The first-order chi connectivity index (χ1) is 13.6. The van der Waals surface area contributed by atoms with E-state index in [2.05, 4.69) is 31.2 Å². The Bertz CT molecular complexity index is 999. The summed E-state index contributed by atoms with van der Waals surface area (Å²) in [6.45, 7) is 5.60. The summed E-state index contributed by atoms with van der Waals surface area (Å²) in [5.41, 5.74) is 5.60. The summed E-state index contributed by atoms with van der Waals surface area (Å²) in [5.74, 6) is -1.46. The molecule has 160 valence electrons. The Morgan fingerprint density at radius 2 is 2.03 bits per heavy atom. The number of pyridine rings is 1. The molecule has 2 heterocycles. The van der Waals surface area contributed by atoms with Crippen LogP contribution >= 0.6 is 28.3 Å². The zero-order valence-electron chi connectivity index (χ0n) is 16.6. The first-order valence-electron chi connectivity index (χ1n) is 9.00. The lowest BCUT2D eigenvalue weighted by atomic mass is 9.89. The van der Waals surface area contributed by atoms with Gasteiger partial charge in [-0.2, -0.15) is 0 Å². The molecule has 2 aromatic rings. The van der Waals surface area contributed by atoms with Crippen LogP contribution in [-0.2, 0) is 10.3 Å². The lowest BCUT2D eigenvalue weighted by Gasteiger charge is -2.39. The third-order valence-corrected chi connectivity index (χ3v) is 5.18. The number of benzene rings is 1. The number of nitrogens with two attached hydrogens (primary N) is 1. The van der Waals surface area contributed by atoms with Gasteiger partial charge < -0.3 is 16.0 Å². The maximum atomic E-state index is 14.7. The smallest absolute Gasteiger partial charge is 0.289 e. The molecular weight excluding hydrogens is 477 g/mol. The summed E-state index contributed by atoms with van der Waals surface area (Å²) in [4.78, 5) is 34.6. The Kier molecular flexibility index (Phi) is 7.20. The summed E-state index contributed by atoms with van der Waals surface area (Å²) in [6, 6.07) is 7.38. The van der Waals surface area contributed by atoms with E-state index in [1.807, 2.05) is 13.8 Å². The summed E-state index contributed by atoms with van der Waals surface area (Å²) in [7, 11) is 0. The highest BCUT2D eigenvalue weighted by atomic mass is 79.9. The molecule has 1 aromatic heterocycles. The second-order valence-electron chi connectivity index (χ2n) is 7.31. The Morgan fingerprint density at radius 1 is 1.33 bits per heavy atom. The number of anilines is 1. The molecule has 0 spiro atoms. The van der Waals surface area contributed by atoms with E-state index in [4.69, 9.17) is 5.73 Å². The van der Waals surface area contributed by atoms with Crippen molar-refractivity contribution in [1.82, 2.24) is 9.88 Å². The van der Waals surface area contributed by atoms with Crippen LogP contribution in [0, 0.1) is 5.82 Å². The highest BCUT2D eigenvalue weighted by Gasteiger charge is 2.40. The number of nitrogens with zero attached hydrogens (tertiary/aromatic N) is 3. The molecule has 1 unspecified atom stereocenters. The van der Waals surface area contributed by atoms with Crippen LogP contribution in [0.2, 0.25) is 0 Å². The zero-order valence-corrected chi connectivity index (χ0v) is 19.1. The summed E-state index contributed by atoms with van der Waals surface area (Å²) in [6.07, 6.45) is 1.52. The van der Waals surface area contributed by atoms with Gasteiger partial charge in [-0.25, -0.2) is 9.37 Å². The molecule has 0 aliphatic carbocycles. The van der Waals surface area contributed by atoms with E-state index in [-0.39, 0.29) is 48.0 Å². The lowest BCUT2D eigenvalue weighted by molar-refractivity contribution is -0.127. The van der Waals surface area contributed by atoms with Gasteiger partial charge >= 0.3 is 0 Å². The molecule has 0 saturated carbocycles. The number of aromatic nitrogens is 1. The molecular formula is C20H22BrClFN5O2. The minimum atomic E-state index is -1.08. The number of nitrogens with one attached hydrogen (secondary N) is 1. The van der Waals surface area contributed by atoms with Gasteiger partial charge in [-0.15, -0.1) is 12.4 Å². The molecule has 0 bridgehead atoms. The van der Waals surface area contributed by atoms with Gasteiger partial charge in [0.1, 0.15) is 17.1 Å². The van der Waals surface area contributed by atoms with Gasteiger partial charge in [0.15, 0.2) is 5.84 Å². The fraction of sp³-hybridized carbons (Fsp3) is 0.300. The minimum Gasteiger partial charge on any atom is -0.379 e. The van der Waals surface area contributed by atoms with E-state index in [1.165, 1.54) is 24.4 Å². The standard InChI is InChI=1S/C20H21BrFN5O2.ClH/c1-11(2)27-10-20(3,26-17(23)19(27)29)14-8-13(5-6-15(14)22)25-18(28)16-7-4-12(21)9-24-16;/h4-9,11H,10H2,1-3H3,(H2,23,26)(H,25,28);1H. The number of hydrogen-bond acceptors (Lipinski definition) is 5. The molecule has 1 atom stereocenters. The van der Waals surface area contributed by atoms with E-state index in [9.17, 15) is 14.0 Å². The molecule has 0 saturated heterocycles. The van der Waals surface area contributed by atoms with E-state index in [0.717, 1.165) is 4.47 Å². The van der Waals surface area contributed by atoms with Gasteiger partial charge in [0.05, 0.1) is 6.54 Å². The van der Waals surface area contributed by atoms with Crippen LogP contribution in [0.15, 0.2) is 46.0 Å². The summed E-state index contributed by atoms with van der Waals surface area (Å²) >= 11 is 3.27. The van der Waals surface area contributed by atoms with Crippen molar-refractivity contribution in [3.8, 4) is 0 Å².